The molecular formula is C22H23NO4. The Labute approximate surface area is 158 Å². The monoisotopic (exact) mass is 365 g/mol. The zero-order valence-electron chi connectivity index (χ0n) is 15.4. The Morgan fingerprint density at radius 1 is 1.15 bits per heavy atom. The maximum Gasteiger partial charge on any atom is 0.410 e. The number of hydrogen-bond donors (Lipinski definition) is 0. The van der Waals surface area contributed by atoms with Crippen molar-refractivity contribution < 1.29 is 19.1 Å². The summed E-state index contributed by atoms with van der Waals surface area (Å²) in [5.41, 5.74) is 4.37. The number of amides is 1. The molecule has 0 radical (unpaired) electrons. The zero-order chi connectivity index (χ0) is 18.8. The van der Waals surface area contributed by atoms with Gasteiger partial charge in [-0.25, -0.2) is 4.79 Å². The quantitative estimate of drug-likeness (QED) is 0.773. The third kappa shape index (κ3) is 3.68. The van der Waals surface area contributed by atoms with E-state index in [0.717, 1.165) is 17.5 Å². The third-order valence-electron chi connectivity index (χ3n) is 5.32. The number of esters is 1. The largest absolute Gasteiger partial charge is 0.460 e. The number of benzene rings is 2. The first kappa shape index (κ1) is 17.6. The van der Waals surface area contributed by atoms with Crippen LogP contribution in [0.1, 0.15) is 41.1 Å². The molecule has 140 valence electrons. The van der Waals surface area contributed by atoms with Crippen molar-refractivity contribution in [2.75, 3.05) is 6.54 Å². The van der Waals surface area contributed by atoms with Gasteiger partial charge in [-0.3, -0.25) is 9.69 Å². The average molecular weight is 365 g/mol. The van der Waals surface area contributed by atoms with Gasteiger partial charge in [-0.2, -0.15) is 0 Å². The fraction of sp³-hybridized carbons (Fsp3) is 0.364. The van der Waals surface area contributed by atoms with E-state index < -0.39 is 0 Å². The summed E-state index contributed by atoms with van der Waals surface area (Å²) in [6.45, 7) is 2.81. The lowest BCUT2D eigenvalue weighted by Gasteiger charge is -2.38. The molecule has 1 saturated heterocycles. The summed E-state index contributed by atoms with van der Waals surface area (Å²) >= 11 is 0. The molecular weight excluding hydrogens is 342 g/mol. The van der Waals surface area contributed by atoms with Crippen molar-refractivity contribution >= 4 is 12.1 Å². The lowest BCUT2D eigenvalue weighted by molar-refractivity contribution is -0.143. The van der Waals surface area contributed by atoms with Crippen molar-refractivity contribution in [2.45, 2.75) is 44.9 Å². The Hall–Kier alpha value is -2.82. The lowest BCUT2D eigenvalue weighted by atomic mass is 9.89. The SMILES string of the molecule is Cc1ccc(COC(=O)N2CCc3ccccc3[C@@H]2[C@H]2CCC(=O)O2)cc1. The first-order chi connectivity index (χ1) is 13.1. The molecule has 1 amide bonds. The standard InChI is InChI=1S/C22H23NO4/c1-15-6-8-16(9-7-15)14-26-22(25)23-13-12-17-4-2-3-5-18(17)21(23)19-10-11-20(24)27-19/h2-9,19,21H,10-14H2,1H3/t19-,21-/m1/s1. The predicted octanol–water partition coefficient (Wildman–Crippen LogP) is 3.94. The Bertz CT molecular complexity index is 846. The van der Waals surface area contributed by atoms with Crippen molar-refractivity contribution in [2.24, 2.45) is 0 Å². The van der Waals surface area contributed by atoms with E-state index in [0.29, 0.717) is 19.4 Å². The molecule has 0 bridgehead atoms. The molecule has 2 aliphatic heterocycles. The van der Waals surface area contributed by atoms with Crippen molar-refractivity contribution in [1.82, 2.24) is 4.90 Å². The van der Waals surface area contributed by atoms with E-state index in [2.05, 4.69) is 6.07 Å². The van der Waals surface area contributed by atoms with Crippen LogP contribution in [-0.4, -0.2) is 29.6 Å². The number of rotatable bonds is 3. The minimum Gasteiger partial charge on any atom is -0.460 e. The highest BCUT2D eigenvalue weighted by Crippen LogP contribution is 2.37. The molecule has 0 spiro atoms. The summed E-state index contributed by atoms with van der Waals surface area (Å²) in [6.07, 6.45) is 1.12. The number of hydrogen-bond acceptors (Lipinski definition) is 4. The van der Waals surface area contributed by atoms with Gasteiger partial charge in [-0.1, -0.05) is 54.1 Å². The van der Waals surface area contributed by atoms with Crippen LogP contribution in [-0.2, 0) is 27.3 Å². The molecule has 2 atom stereocenters. The molecule has 0 N–H and O–H groups in total. The van der Waals surface area contributed by atoms with Crippen molar-refractivity contribution in [1.29, 1.82) is 0 Å². The van der Waals surface area contributed by atoms with Crippen LogP contribution in [0.5, 0.6) is 0 Å². The molecule has 2 aromatic rings. The molecule has 5 heteroatoms. The Balaban J connectivity index is 1.53. The van der Waals surface area contributed by atoms with Crippen LogP contribution in [0, 0.1) is 6.92 Å². The van der Waals surface area contributed by atoms with E-state index in [9.17, 15) is 9.59 Å². The van der Waals surface area contributed by atoms with Gasteiger partial charge in [0.15, 0.2) is 0 Å². The topological polar surface area (TPSA) is 55.8 Å². The van der Waals surface area contributed by atoms with E-state index in [1.54, 1.807) is 4.90 Å². The highest BCUT2D eigenvalue weighted by atomic mass is 16.6. The van der Waals surface area contributed by atoms with Gasteiger partial charge in [0.1, 0.15) is 12.7 Å². The number of carbonyl (C=O) groups is 2. The van der Waals surface area contributed by atoms with Crippen LogP contribution in [0.15, 0.2) is 48.5 Å². The van der Waals surface area contributed by atoms with Gasteiger partial charge in [0.25, 0.3) is 0 Å². The molecule has 2 aliphatic rings. The molecule has 4 rings (SSSR count). The number of ether oxygens (including phenoxy) is 2. The van der Waals surface area contributed by atoms with Crippen LogP contribution in [0.4, 0.5) is 4.79 Å². The second-order valence-corrected chi connectivity index (χ2v) is 7.19. The van der Waals surface area contributed by atoms with Crippen LogP contribution in [0.25, 0.3) is 0 Å². The summed E-state index contributed by atoms with van der Waals surface area (Å²) < 4.78 is 11.1. The maximum atomic E-state index is 12.9. The van der Waals surface area contributed by atoms with Crippen molar-refractivity contribution in [3.63, 3.8) is 0 Å². The molecule has 2 heterocycles. The Kier molecular flexibility index (Phi) is 4.84. The van der Waals surface area contributed by atoms with Gasteiger partial charge >= 0.3 is 12.1 Å². The molecule has 5 nitrogen and oxygen atoms in total. The van der Waals surface area contributed by atoms with E-state index >= 15 is 0 Å². The van der Waals surface area contributed by atoms with Crippen molar-refractivity contribution in [3.8, 4) is 0 Å². The fourth-order valence-corrected chi connectivity index (χ4v) is 3.89. The van der Waals surface area contributed by atoms with Crippen LogP contribution < -0.4 is 0 Å². The van der Waals surface area contributed by atoms with Gasteiger partial charge in [0.2, 0.25) is 0 Å². The van der Waals surface area contributed by atoms with E-state index in [4.69, 9.17) is 9.47 Å². The molecule has 0 unspecified atom stereocenters. The molecule has 0 aliphatic carbocycles. The second kappa shape index (κ2) is 7.43. The summed E-state index contributed by atoms with van der Waals surface area (Å²) in [4.78, 5) is 26.2. The second-order valence-electron chi connectivity index (χ2n) is 7.19. The minimum absolute atomic E-state index is 0.198. The highest BCUT2D eigenvalue weighted by molar-refractivity contribution is 5.73. The predicted molar refractivity (Wildman–Crippen MR) is 100 cm³/mol. The highest BCUT2D eigenvalue weighted by Gasteiger charge is 2.41. The van der Waals surface area contributed by atoms with Crippen LogP contribution in [0.2, 0.25) is 0 Å². The molecule has 0 saturated carbocycles. The van der Waals surface area contributed by atoms with Crippen LogP contribution in [0.3, 0.4) is 0 Å². The van der Waals surface area contributed by atoms with Gasteiger partial charge in [0, 0.05) is 13.0 Å². The molecule has 2 aromatic carbocycles. The number of carbonyl (C=O) groups excluding carboxylic acids is 2. The van der Waals surface area contributed by atoms with E-state index in [1.165, 1.54) is 11.1 Å². The first-order valence-electron chi connectivity index (χ1n) is 9.38. The first-order valence-corrected chi connectivity index (χ1v) is 9.38. The number of aryl methyl sites for hydroxylation is 1. The Morgan fingerprint density at radius 3 is 2.67 bits per heavy atom. The van der Waals surface area contributed by atoms with Gasteiger partial charge in [-0.15, -0.1) is 0 Å². The lowest BCUT2D eigenvalue weighted by Crippen LogP contribution is -2.45. The summed E-state index contributed by atoms with van der Waals surface area (Å²) in [5.74, 6) is -0.198. The number of fused-ring (bicyclic) bond motifs is 1. The molecule has 1 fully saturated rings. The Morgan fingerprint density at radius 2 is 1.93 bits per heavy atom. The molecule has 0 aromatic heterocycles. The summed E-state index contributed by atoms with van der Waals surface area (Å²) in [7, 11) is 0. The summed E-state index contributed by atoms with van der Waals surface area (Å²) in [6, 6.07) is 15.7. The van der Waals surface area contributed by atoms with Gasteiger partial charge in [-0.05, 0) is 36.5 Å². The van der Waals surface area contributed by atoms with Gasteiger partial charge < -0.3 is 9.47 Å². The van der Waals surface area contributed by atoms with E-state index in [1.807, 2.05) is 49.4 Å². The average Bonchev–Trinajstić information content (AvgIpc) is 3.12. The number of cyclic esters (lactones) is 1. The zero-order valence-corrected chi connectivity index (χ0v) is 15.4. The van der Waals surface area contributed by atoms with E-state index in [-0.39, 0.29) is 30.8 Å². The smallest absolute Gasteiger partial charge is 0.410 e. The molecule has 27 heavy (non-hydrogen) atoms. The van der Waals surface area contributed by atoms with Crippen molar-refractivity contribution in [3.05, 3.63) is 70.8 Å². The van der Waals surface area contributed by atoms with Gasteiger partial charge in [0.05, 0.1) is 6.04 Å². The maximum absolute atomic E-state index is 12.9. The summed E-state index contributed by atoms with van der Waals surface area (Å²) in [5, 5.41) is 0. The van der Waals surface area contributed by atoms with Crippen LogP contribution >= 0.6 is 0 Å². The number of nitrogens with zero attached hydrogens (tertiary/aromatic N) is 1. The third-order valence-corrected chi connectivity index (χ3v) is 5.32. The fourth-order valence-electron chi connectivity index (χ4n) is 3.89. The minimum atomic E-state index is -0.363. The normalized spacial score (nSPS) is 21.5.